The van der Waals surface area contributed by atoms with Crippen molar-refractivity contribution >= 4 is 41.3 Å². The van der Waals surface area contributed by atoms with Crippen LogP contribution in [-0.4, -0.2) is 47.5 Å². The quantitative estimate of drug-likeness (QED) is 0.360. The maximum absolute atomic E-state index is 5.13. The van der Waals surface area contributed by atoms with Crippen molar-refractivity contribution in [2.45, 2.75) is 51.3 Å². The normalized spacial score (nSPS) is 17.2. The van der Waals surface area contributed by atoms with Gasteiger partial charge in [-0.05, 0) is 17.9 Å². The zero-order chi connectivity index (χ0) is 18.6. The molecule has 0 saturated heterocycles. The van der Waals surface area contributed by atoms with Crippen molar-refractivity contribution < 1.29 is 4.74 Å². The molecule has 0 aromatic carbocycles. The molecule has 0 bridgehead atoms. The molecule has 1 unspecified atom stereocenters. The Morgan fingerprint density at radius 1 is 1.48 bits per heavy atom. The summed E-state index contributed by atoms with van der Waals surface area (Å²) in [5.74, 6) is 2.63. The molecule has 0 fully saturated rings. The van der Waals surface area contributed by atoms with Gasteiger partial charge in [0.2, 0.25) is 0 Å². The van der Waals surface area contributed by atoms with Crippen molar-refractivity contribution in [2.24, 2.45) is 4.99 Å². The molecule has 150 valence electrons. The maximum atomic E-state index is 5.13. The van der Waals surface area contributed by atoms with Crippen LogP contribution in [0.4, 0.5) is 0 Å². The predicted molar refractivity (Wildman–Crippen MR) is 120 cm³/mol. The topological polar surface area (TPSA) is 76.4 Å². The van der Waals surface area contributed by atoms with E-state index in [1.54, 1.807) is 18.4 Å². The van der Waals surface area contributed by atoms with Gasteiger partial charge >= 0.3 is 0 Å². The van der Waals surface area contributed by atoms with Crippen LogP contribution in [0.15, 0.2) is 22.5 Å². The molecule has 2 N–H and O–H groups in total. The van der Waals surface area contributed by atoms with Gasteiger partial charge in [0.05, 0.1) is 6.54 Å². The minimum absolute atomic E-state index is 0. The van der Waals surface area contributed by atoms with Crippen LogP contribution in [-0.2, 0) is 29.7 Å². The molecule has 7 nitrogen and oxygen atoms in total. The summed E-state index contributed by atoms with van der Waals surface area (Å²) in [7, 11) is 3.48. The lowest BCUT2D eigenvalue weighted by Crippen LogP contribution is -2.49. The Morgan fingerprint density at radius 3 is 2.96 bits per heavy atom. The summed E-state index contributed by atoms with van der Waals surface area (Å²) in [4.78, 5) is 10.3. The van der Waals surface area contributed by atoms with Gasteiger partial charge in [0.1, 0.15) is 12.4 Å². The van der Waals surface area contributed by atoms with Crippen molar-refractivity contribution in [3.8, 4) is 0 Å². The number of aromatic nitrogens is 3. The Kier molecular flexibility index (Phi) is 8.04. The standard InChI is InChI=1S/C18H28N6OS.HI/c1-18(2,14-6-5-9-26-14)12-20-17(19-3)21-13-7-8-16-22-15(11-25-4)23-24(16)10-13;/h5-6,9,13H,7-8,10-12H2,1-4H3,(H2,19,20,21);1H. The molecule has 1 atom stereocenters. The van der Waals surface area contributed by atoms with Gasteiger partial charge in [0.25, 0.3) is 0 Å². The lowest BCUT2D eigenvalue weighted by Gasteiger charge is -2.28. The molecular formula is C18H29IN6OS. The minimum atomic E-state index is 0. The van der Waals surface area contributed by atoms with Crippen LogP contribution in [0.2, 0.25) is 0 Å². The average molecular weight is 504 g/mol. The van der Waals surface area contributed by atoms with E-state index in [2.05, 4.69) is 57.1 Å². The summed E-state index contributed by atoms with van der Waals surface area (Å²) in [5.41, 5.74) is 0.0620. The average Bonchev–Trinajstić information content (AvgIpc) is 3.28. The molecule has 3 rings (SSSR count). The number of nitrogens with zero attached hydrogens (tertiary/aromatic N) is 4. The largest absolute Gasteiger partial charge is 0.377 e. The van der Waals surface area contributed by atoms with Crippen LogP contribution in [0.25, 0.3) is 0 Å². The summed E-state index contributed by atoms with van der Waals surface area (Å²) in [6, 6.07) is 4.58. The van der Waals surface area contributed by atoms with Gasteiger partial charge < -0.3 is 15.4 Å². The van der Waals surface area contributed by atoms with Crippen LogP contribution in [0.5, 0.6) is 0 Å². The first-order chi connectivity index (χ1) is 12.5. The first-order valence-electron chi connectivity index (χ1n) is 8.94. The fraction of sp³-hybridized carbons (Fsp3) is 0.611. The second kappa shape index (κ2) is 9.83. The zero-order valence-corrected chi connectivity index (χ0v) is 19.5. The Balaban J connectivity index is 0.00000261. The number of aliphatic imine (C=N–C) groups is 1. The highest BCUT2D eigenvalue weighted by Gasteiger charge is 2.24. The summed E-state index contributed by atoms with van der Waals surface area (Å²) in [6.45, 7) is 6.57. The number of rotatable bonds is 6. The van der Waals surface area contributed by atoms with Crippen LogP contribution in [0.1, 0.15) is 36.8 Å². The molecule has 0 saturated carbocycles. The molecule has 0 aliphatic carbocycles. The molecule has 1 aliphatic rings. The zero-order valence-electron chi connectivity index (χ0n) is 16.4. The Hall–Kier alpha value is -1.20. The number of halogens is 1. The van der Waals surface area contributed by atoms with Gasteiger partial charge in [-0.2, -0.15) is 5.10 Å². The number of hydrogen-bond acceptors (Lipinski definition) is 5. The molecule has 2 aromatic rings. The number of aryl methyl sites for hydroxylation is 1. The van der Waals surface area contributed by atoms with E-state index in [0.29, 0.717) is 6.61 Å². The third kappa shape index (κ3) is 5.64. The number of methoxy groups -OCH3 is 1. The molecule has 9 heteroatoms. The highest BCUT2D eigenvalue weighted by atomic mass is 127. The van der Waals surface area contributed by atoms with E-state index < -0.39 is 0 Å². The summed E-state index contributed by atoms with van der Waals surface area (Å²) >= 11 is 1.79. The number of thiophene rings is 1. The third-order valence-corrected chi connectivity index (χ3v) is 5.86. The van der Waals surface area contributed by atoms with Crippen molar-refractivity contribution in [3.05, 3.63) is 34.0 Å². The fourth-order valence-corrected chi connectivity index (χ4v) is 3.96. The maximum Gasteiger partial charge on any atom is 0.191 e. The van der Waals surface area contributed by atoms with E-state index in [9.17, 15) is 0 Å². The molecule has 27 heavy (non-hydrogen) atoms. The van der Waals surface area contributed by atoms with E-state index in [0.717, 1.165) is 43.5 Å². The predicted octanol–water partition coefficient (Wildman–Crippen LogP) is 2.56. The molecule has 2 aromatic heterocycles. The SMILES string of the molecule is CN=C(NCC(C)(C)c1cccs1)NC1CCc2nc(COC)nn2C1.I. The number of guanidine groups is 1. The molecule has 1 aliphatic heterocycles. The van der Waals surface area contributed by atoms with Gasteiger partial charge in [0.15, 0.2) is 11.8 Å². The van der Waals surface area contributed by atoms with Crippen LogP contribution in [0, 0.1) is 0 Å². The Morgan fingerprint density at radius 2 is 2.30 bits per heavy atom. The van der Waals surface area contributed by atoms with Gasteiger partial charge in [-0.3, -0.25) is 4.99 Å². The van der Waals surface area contributed by atoms with Gasteiger partial charge in [0, 0.05) is 43.5 Å². The number of ether oxygens (including phenoxy) is 1. The van der Waals surface area contributed by atoms with E-state index in [-0.39, 0.29) is 35.4 Å². The number of nitrogens with one attached hydrogen (secondary N) is 2. The highest BCUT2D eigenvalue weighted by Crippen LogP contribution is 2.26. The van der Waals surface area contributed by atoms with E-state index in [4.69, 9.17) is 4.74 Å². The Labute approximate surface area is 182 Å². The first-order valence-corrected chi connectivity index (χ1v) is 9.82. The first kappa shape index (κ1) is 22.1. The third-order valence-electron chi connectivity index (χ3n) is 4.63. The summed E-state index contributed by atoms with van der Waals surface area (Å²) in [5, 5.41) is 13.7. The van der Waals surface area contributed by atoms with Crippen LogP contribution >= 0.6 is 35.3 Å². The summed E-state index contributed by atoms with van der Waals surface area (Å²) in [6.07, 6.45) is 1.92. The molecular weight excluding hydrogens is 475 g/mol. The Bertz CT molecular complexity index is 743. The second-order valence-electron chi connectivity index (χ2n) is 7.23. The molecule has 3 heterocycles. The van der Waals surface area contributed by atoms with Crippen LogP contribution in [0.3, 0.4) is 0 Å². The van der Waals surface area contributed by atoms with Crippen molar-refractivity contribution in [3.63, 3.8) is 0 Å². The van der Waals surface area contributed by atoms with Gasteiger partial charge in [-0.1, -0.05) is 19.9 Å². The molecule has 0 spiro atoms. The number of hydrogen-bond donors (Lipinski definition) is 2. The van der Waals surface area contributed by atoms with Crippen molar-refractivity contribution in [2.75, 3.05) is 20.7 Å². The van der Waals surface area contributed by atoms with Gasteiger partial charge in [-0.15, -0.1) is 35.3 Å². The van der Waals surface area contributed by atoms with Gasteiger partial charge in [-0.25, -0.2) is 9.67 Å². The summed E-state index contributed by atoms with van der Waals surface area (Å²) < 4.78 is 7.11. The highest BCUT2D eigenvalue weighted by molar-refractivity contribution is 14.0. The van der Waals surface area contributed by atoms with E-state index in [1.807, 2.05) is 11.7 Å². The molecule has 0 amide bonds. The minimum Gasteiger partial charge on any atom is -0.377 e. The number of fused-ring (bicyclic) bond motifs is 1. The monoisotopic (exact) mass is 504 g/mol. The smallest absolute Gasteiger partial charge is 0.191 e. The lowest BCUT2D eigenvalue weighted by molar-refractivity contribution is 0.177. The van der Waals surface area contributed by atoms with Crippen molar-refractivity contribution in [1.29, 1.82) is 0 Å². The second-order valence-corrected chi connectivity index (χ2v) is 8.17. The van der Waals surface area contributed by atoms with E-state index in [1.165, 1.54) is 4.88 Å². The lowest BCUT2D eigenvalue weighted by atomic mass is 9.91. The van der Waals surface area contributed by atoms with Crippen LogP contribution < -0.4 is 10.6 Å². The van der Waals surface area contributed by atoms with E-state index >= 15 is 0 Å². The molecule has 0 radical (unpaired) electrons. The fourth-order valence-electron chi connectivity index (χ4n) is 3.11. The van der Waals surface area contributed by atoms with Crippen molar-refractivity contribution in [1.82, 2.24) is 25.4 Å².